The Morgan fingerprint density at radius 2 is 2.19 bits per heavy atom. The molecule has 0 saturated heterocycles. The van der Waals surface area contributed by atoms with Crippen LogP contribution in [0.4, 0.5) is 10.5 Å². The molecule has 2 N–H and O–H groups in total. The van der Waals surface area contributed by atoms with Crippen molar-refractivity contribution < 1.29 is 19.1 Å². The number of hydrogen-bond donors (Lipinski definition) is 2. The smallest absolute Gasteiger partial charge is 0.335 e. The van der Waals surface area contributed by atoms with E-state index in [1.165, 1.54) is 6.07 Å². The Kier molecular flexibility index (Phi) is 3.35. The van der Waals surface area contributed by atoms with Gasteiger partial charge in [-0.1, -0.05) is 0 Å². The third-order valence-electron chi connectivity index (χ3n) is 3.49. The fraction of sp³-hybridized carbons (Fsp3) is 0.200. The molecule has 1 aromatic heterocycles. The van der Waals surface area contributed by atoms with Gasteiger partial charge < -0.3 is 14.8 Å². The maximum Gasteiger partial charge on any atom is 0.335 e. The number of nitrogens with zero attached hydrogens (tertiary/aromatic N) is 1. The molecular formula is C15H14N2O4. The summed E-state index contributed by atoms with van der Waals surface area (Å²) >= 11 is 0. The van der Waals surface area contributed by atoms with Gasteiger partial charge in [0.25, 0.3) is 0 Å². The molecule has 0 unspecified atom stereocenters. The summed E-state index contributed by atoms with van der Waals surface area (Å²) in [6.45, 7) is 0.948. The van der Waals surface area contributed by atoms with E-state index in [0.717, 1.165) is 16.8 Å². The zero-order chi connectivity index (χ0) is 14.8. The molecule has 1 aliphatic rings. The highest BCUT2D eigenvalue weighted by Gasteiger charge is 2.25. The number of carboxylic acid groups (broad SMARTS) is 1. The molecule has 2 aromatic rings. The van der Waals surface area contributed by atoms with Crippen molar-refractivity contribution in [1.29, 1.82) is 0 Å². The quantitative estimate of drug-likeness (QED) is 0.906. The van der Waals surface area contributed by atoms with Crippen LogP contribution in [0, 0.1) is 0 Å². The zero-order valence-corrected chi connectivity index (χ0v) is 11.2. The number of nitrogens with one attached hydrogen (secondary N) is 1. The number of hydrogen-bond acceptors (Lipinski definition) is 3. The first kappa shape index (κ1) is 13.2. The lowest BCUT2D eigenvalue weighted by atomic mass is 10.1. The maximum absolute atomic E-state index is 12.2. The monoisotopic (exact) mass is 286 g/mol. The van der Waals surface area contributed by atoms with E-state index in [1.54, 1.807) is 35.6 Å². The number of carboxylic acids is 1. The lowest BCUT2D eigenvalue weighted by Gasteiger charge is -2.18. The van der Waals surface area contributed by atoms with E-state index in [4.69, 9.17) is 9.52 Å². The minimum Gasteiger partial charge on any atom is -0.478 e. The summed E-state index contributed by atoms with van der Waals surface area (Å²) in [5.41, 5.74) is 2.79. The predicted molar refractivity (Wildman–Crippen MR) is 75.4 cm³/mol. The standard InChI is InChI=1S/C15H14N2O4/c18-14(19)12-1-2-13-11(7-12)3-5-17(13)15(20)16-8-10-4-6-21-9-10/h1-2,4,6-7,9H,3,5,8H2,(H,16,20)(H,18,19). The minimum absolute atomic E-state index is 0.196. The van der Waals surface area contributed by atoms with Gasteiger partial charge in [0, 0.05) is 24.3 Å². The highest BCUT2D eigenvalue weighted by molar-refractivity contribution is 5.95. The molecule has 0 fully saturated rings. The van der Waals surface area contributed by atoms with E-state index in [9.17, 15) is 9.59 Å². The molecule has 21 heavy (non-hydrogen) atoms. The highest BCUT2D eigenvalue weighted by Crippen LogP contribution is 2.28. The number of benzene rings is 1. The van der Waals surface area contributed by atoms with Crippen LogP contribution in [0.5, 0.6) is 0 Å². The SMILES string of the molecule is O=C(O)c1ccc2c(c1)CCN2C(=O)NCc1ccoc1. The predicted octanol–water partition coefficient (Wildman–Crippen LogP) is 2.25. The van der Waals surface area contributed by atoms with Gasteiger partial charge in [0.2, 0.25) is 0 Å². The Balaban J connectivity index is 1.71. The van der Waals surface area contributed by atoms with Crippen molar-refractivity contribution in [2.75, 3.05) is 11.4 Å². The molecule has 6 heteroatoms. The number of amides is 2. The number of urea groups is 1. The summed E-state index contributed by atoms with van der Waals surface area (Å²) < 4.78 is 4.94. The largest absolute Gasteiger partial charge is 0.478 e. The first-order chi connectivity index (χ1) is 10.1. The zero-order valence-electron chi connectivity index (χ0n) is 11.2. The molecule has 2 amide bonds. The third-order valence-corrected chi connectivity index (χ3v) is 3.49. The molecule has 108 valence electrons. The van der Waals surface area contributed by atoms with Gasteiger partial charge in [-0.3, -0.25) is 4.90 Å². The van der Waals surface area contributed by atoms with Crippen LogP contribution in [0.25, 0.3) is 0 Å². The average Bonchev–Trinajstić information content (AvgIpc) is 3.13. The van der Waals surface area contributed by atoms with Crippen LogP contribution in [-0.4, -0.2) is 23.7 Å². The first-order valence-corrected chi connectivity index (χ1v) is 6.58. The molecule has 1 aliphatic heterocycles. The van der Waals surface area contributed by atoms with Crippen LogP contribution in [0.2, 0.25) is 0 Å². The van der Waals surface area contributed by atoms with Crippen LogP contribution in [-0.2, 0) is 13.0 Å². The summed E-state index contributed by atoms with van der Waals surface area (Å²) in [7, 11) is 0. The summed E-state index contributed by atoms with van der Waals surface area (Å²) in [5, 5.41) is 11.8. The molecule has 2 heterocycles. The van der Waals surface area contributed by atoms with Gasteiger partial charge in [-0.05, 0) is 36.2 Å². The second-order valence-electron chi connectivity index (χ2n) is 4.84. The first-order valence-electron chi connectivity index (χ1n) is 6.58. The molecule has 1 aromatic carbocycles. The fourth-order valence-corrected chi connectivity index (χ4v) is 2.41. The summed E-state index contributed by atoms with van der Waals surface area (Å²) in [4.78, 5) is 24.8. The molecule has 0 saturated carbocycles. The number of carbonyl (C=O) groups is 2. The second-order valence-corrected chi connectivity index (χ2v) is 4.84. The Labute approximate surface area is 121 Å². The average molecular weight is 286 g/mol. The van der Waals surface area contributed by atoms with Gasteiger partial charge in [0.15, 0.2) is 0 Å². The topological polar surface area (TPSA) is 82.8 Å². The summed E-state index contributed by atoms with van der Waals surface area (Å²) in [6, 6.07) is 6.42. The van der Waals surface area contributed by atoms with Crippen LogP contribution >= 0.6 is 0 Å². The van der Waals surface area contributed by atoms with E-state index < -0.39 is 5.97 Å². The Hall–Kier alpha value is -2.76. The third kappa shape index (κ3) is 2.60. The van der Waals surface area contributed by atoms with Crippen molar-refractivity contribution in [2.24, 2.45) is 0 Å². The number of anilines is 1. The van der Waals surface area contributed by atoms with Gasteiger partial charge in [-0.15, -0.1) is 0 Å². The molecule has 6 nitrogen and oxygen atoms in total. The van der Waals surface area contributed by atoms with Crippen molar-refractivity contribution >= 4 is 17.7 Å². The number of rotatable bonds is 3. The summed E-state index contributed by atoms with van der Waals surface area (Å²) in [5.74, 6) is -0.958. The summed E-state index contributed by atoms with van der Waals surface area (Å²) in [6.07, 6.45) is 3.80. The lowest BCUT2D eigenvalue weighted by molar-refractivity contribution is 0.0697. The maximum atomic E-state index is 12.2. The molecule has 0 radical (unpaired) electrons. The van der Waals surface area contributed by atoms with Gasteiger partial charge in [-0.2, -0.15) is 0 Å². The van der Waals surface area contributed by atoms with Crippen LogP contribution in [0.15, 0.2) is 41.2 Å². The normalized spacial score (nSPS) is 13.0. The van der Waals surface area contributed by atoms with Crippen molar-refractivity contribution in [2.45, 2.75) is 13.0 Å². The lowest BCUT2D eigenvalue weighted by Crippen LogP contribution is -2.38. The van der Waals surface area contributed by atoms with E-state index in [0.29, 0.717) is 19.5 Å². The Bertz CT molecular complexity index is 679. The van der Waals surface area contributed by atoms with E-state index in [1.807, 2.05) is 0 Å². The van der Waals surface area contributed by atoms with Gasteiger partial charge in [0.1, 0.15) is 0 Å². The van der Waals surface area contributed by atoms with Gasteiger partial charge in [-0.25, -0.2) is 9.59 Å². The minimum atomic E-state index is -0.958. The van der Waals surface area contributed by atoms with Gasteiger partial charge in [0.05, 0.1) is 18.1 Å². The highest BCUT2D eigenvalue weighted by atomic mass is 16.4. The Morgan fingerprint density at radius 3 is 2.90 bits per heavy atom. The van der Waals surface area contributed by atoms with Crippen LogP contribution in [0.1, 0.15) is 21.5 Å². The molecule has 0 atom stereocenters. The number of aromatic carboxylic acids is 1. The van der Waals surface area contributed by atoms with Crippen molar-refractivity contribution in [3.05, 3.63) is 53.5 Å². The van der Waals surface area contributed by atoms with E-state index in [2.05, 4.69) is 5.32 Å². The Morgan fingerprint density at radius 1 is 1.33 bits per heavy atom. The number of carbonyl (C=O) groups excluding carboxylic acids is 1. The van der Waals surface area contributed by atoms with Crippen molar-refractivity contribution in [3.63, 3.8) is 0 Å². The molecule has 0 aliphatic carbocycles. The second kappa shape index (κ2) is 5.32. The van der Waals surface area contributed by atoms with Crippen molar-refractivity contribution in [3.8, 4) is 0 Å². The molecule has 0 spiro atoms. The number of fused-ring (bicyclic) bond motifs is 1. The molecule has 3 rings (SSSR count). The molecular weight excluding hydrogens is 272 g/mol. The van der Waals surface area contributed by atoms with Crippen LogP contribution in [0.3, 0.4) is 0 Å². The molecule has 0 bridgehead atoms. The van der Waals surface area contributed by atoms with E-state index in [-0.39, 0.29) is 11.6 Å². The van der Waals surface area contributed by atoms with E-state index >= 15 is 0 Å². The number of furan rings is 1. The van der Waals surface area contributed by atoms with Crippen LogP contribution < -0.4 is 10.2 Å². The van der Waals surface area contributed by atoms with Crippen molar-refractivity contribution in [1.82, 2.24) is 5.32 Å². The fourth-order valence-electron chi connectivity index (χ4n) is 2.41. The van der Waals surface area contributed by atoms with Gasteiger partial charge >= 0.3 is 12.0 Å².